The molecule has 1 aromatic heterocycles. The predicted octanol–water partition coefficient (Wildman–Crippen LogP) is 2.62. The Hall–Kier alpha value is -2.24. The Balaban J connectivity index is 1.53. The molecule has 2 atom stereocenters. The lowest BCUT2D eigenvalue weighted by Crippen LogP contribution is -2.44. The van der Waals surface area contributed by atoms with Gasteiger partial charge in [-0.25, -0.2) is 0 Å². The fourth-order valence-electron chi connectivity index (χ4n) is 3.21. The van der Waals surface area contributed by atoms with Crippen molar-refractivity contribution in [1.82, 2.24) is 15.2 Å². The summed E-state index contributed by atoms with van der Waals surface area (Å²) in [7, 11) is 0. The molecule has 1 fully saturated rings. The molecule has 0 saturated carbocycles. The Morgan fingerprint density at radius 3 is 2.52 bits per heavy atom. The molecule has 1 amide bonds. The van der Waals surface area contributed by atoms with E-state index in [0.29, 0.717) is 12.1 Å². The Morgan fingerprint density at radius 1 is 1.16 bits per heavy atom. The molecule has 1 N–H and O–H groups in total. The number of ether oxygens (including phenoxy) is 1. The van der Waals surface area contributed by atoms with Crippen LogP contribution in [0.3, 0.4) is 0 Å². The second kappa shape index (κ2) is 8.23. The fourth-order valence-corrected chi connectivity index (χ4v) is 3.21. The van der Waals surface area contributed by atoms with Crippen LogP contribution in [-0.4, -0.2) is 41.1 Å². The summed E-state index contributed by atoms with van der Waals surface area (Å²) in [5.41, 5.74) is 2.73. The Bertz CT molecular complexity index is 678. The zero-order chi connectivity index (χ0) is 17.6. The van der Waals surface area contributed by atoms with Crippen LogP contribution in [0.4, 0.5) is 0 Å². The fraction of sp³-hybridized carbons (Fsp3) is 0.400. The zero-order valence-electron chi connectivity index (χ0n) is 14.8. The molecule has 0 radical (unpaired) electrons. The molecule has 0 unspecified atom stereocenters. The normalized spacial score (nSPS) is 21.0. The average Bonchev–Trinajstić information content (AvgIpc) is 2.60. The SMILES string of the molecule is C[C@H]1CN(Cc2ccc(C(=O)NCc3ccccn3)cc2)C[C@H](C)O1. The third-order valence-electron chi connectivity index (χ3n) is 4.27. The highest BCUT2D eigenvalue weighted by molar-refractivity contribution is 5.94. The topological polar surface area (TPSA) is 54.5 Å². The molecule has 5 heteroatoms. The summed E-state index contributed by atoms with van der Waals surface area (Å²) in [6.45, 7) is 7.42. The molecule has 1 aliphatic heterocycles. The van der Waals surface area contributed by atoms with E-state index in [0.717, 1.165) is 25.3 Å². The number of rotatable bonds is 5. The van der Waals surface area contributed by atoms with E-state index in [2.05, 4.69) is 29.0 Å². The third kappa shape index (κ3) is 5.11. The Labute approximate surface area is 149 Å². The third-order valence-corrected chi connectivity index (χ3v) is 4.27. The second-order valence-electron chi connectivity index (χ2n) is 6.65. The molecule has 2 aromatic rings. The molecule has 1 aliphatic rings. The number of hydrogen-bond acceptors (Lipinski definition) is 4. The predicted molar refractivity (Wildman–Crippen MR) is 97.1 cm³/mol. The van der Waals surface area contributed by atoms with Crippen LogP contribution in [0.5, 0.6) is 0 Å². The number of amides is 1. The van der Waals surface area contributed by atoms with Crippen molar-refractivity contribution in [2.75, 3.05) is 13.1 Å². The molecular weight excluding hydrogens is 314 g/mol. The van der Waals surface area contributed by atoms with E-state index < -0.39 is 0 Å². The van der Waals surface area contributed by atoms with Crippen molar-refractivity contribution >= 4 is 5.91 Å². The van der Waals surface area contributed by atoms with Gasteiger partial charge in [0.25, 0.3) is 5.91 Å². The Morgan fingerprint density at radius 2 is 1.88 bits per heavy atom. The summed E-state index contributed by atoms with van der Waals surface area (Å²) in [6.07, 6.45) is 2.25. The lowest BCUT2D eigenvalue weighted by atomic mass is 10.1. The number of pyridine rings is 1. The molecule has 5 nitrogen and oxygen atoms in total. The lowest BCUT2D eigenvalue weighted by molar-refractivity contribution is -0.0704. The quantitative estimate of drug-likeness (QED) is 0.910. The summed E-state index contributed by atoms with van der Waals surface area (Å²) in [6, 6.07) is 13.5. The first kappa shape index (κ1) is 17.6. The first-order valence-electron chi connectivity index (χ1n) is 8.75. The van der Waals surface area contributed by atoms with E-state index in [-0.39, 0.29) is 18.1 Å². The summed E-state index contributed by atoms with van der Waals surface area (Å²) in [5, 5.41) is 2.90. The summed E-state index contributed by atoms with van der Waals surface area (Å²) >= 11 is 0. The summed E-state index contributed by atoms with van der Waals surface area (Å²) in [4.78, 5) is 18.8. The van der Waals surface area contributed by atoms with Gasteiger partial charge >= 0.3 is 0 Å². The van der Waals surface area contributed by atoms with Gasteiger partial charge in [0.2, 0.25) is 0 Å². The molecule has 3 rings (SSSR count). The van der Waals surface area contributed by atoms with Gasteiger partial charge in [-0.05, 0) is 43.7 Å². The van der Waals surface area contributed by atoms with Gasteiger partial charge in [0, 0.05) is 31.4 Å². The average molecular weight is 339 g/mol. The molecule has 0 aliphatic carbocycles. The van der Waals surface area contributed by atoms with Crippen molar-refractivity contribution in [3.8, 4) is 0 Å². The van der Waals surface area contributed by atoms with E-state index in [1.165, 1.54) is 5.56 Å². The molecule has 1 saturated heterocycles. The number of nitrogens with zero attached hydrogens (tertiary/aromatic N) is 2. The van der Waals surface area contributed by atoms with E-state index >= 15 is 0 Å². The maximum absolute atomic E-state index is 12.2. The number of hydrogen-bond donors (Lipinski definition) is 1. The number of carbonyl (C=O) groups is 1. The van der Waals surface area contributed by atoms with E-state index in [1.54, 1.807) is 6.20 Å². The number of carbonyl (C=O) groups excluding carboxylic acids is 1. The smallest absolute Gasteiger partial charge is 0.251 e. The number of benzene rings is 1. The maximum atomic E-state index is 12.2. The molecule has 1 aromatic carbocycles. The molecule has 132 valence electrons. The van der Waals surface area contributed by atoms with Gasteiger partial charge in [-0.2, -0.15) is 0 Å². The van der Waals surface area contributed by atoms with Crippen molar-refractivity contribution in [2.45, 2.75) is 39.1 Å². The van der Waals surface area contributed by atoms with Gasteiger partial charge in [0.15, 0.2) is 0 Å². The van der Waals surface area contributed by atoms with Crippen LogP contribution < -0.4 is 5.32 Å². The van der Waals surface area contributed by atoms with Crippen molar-refractivity contribution in [1.29, 1.82) is 0 Å². The molecule has 2 heterocycles. The maximum Gasteiger partial charge on any atom is 0.251 e. The van der Waals surface area contributed by atoms with Crippen molar-refractivity contribution in [3.05, 3.63) is 65.5 Å². The van der Waals surface area contributed by atoms with Gasteiger partial charge in [-0.15, -0.1) is 0 Å². The van der Waals surface area contributed by atoms with Crippen LogP contribution in [0, 0.1) is 0 Å². The highest BCUT2D eigenvalue weighted by Gasteiger charge is 2.22. The summed E-state index contributed by atoms with van der Waals surface area (Å²) in [5.74, 6) is -0.0779. The standard InChI is InChI=1S/C20H25N3O2/c1-15-12-23(13-16(2)25-15)14-17-6-8-18(9-7-17)20(24)22-11-19-5-3-4-10-21-19/h3-10,15-16H,11-14H2,1-2H3,(H,22,24)/t15-,16-/m0/s1. The molecule has 0 spiro atoms. The van der Waals surface area contributed by atoms with E-state index in [1.807, 2.05) is 42.5 Å². The molecular formula is C20H25N3O2. The first-order valence-corrected chi connectivity index (χ1v) is 8.75. The minimum Gasteiger partial charge on any atom is -0.373 e. The van der Waals surface area contributed by atoms with Crippen LogP contribution in [0.2, 0.25) is 0 Å². The van der Waals surface area contributed by atoms with Crippen LogP contribution >= 0.6 is 0 Å². The highest BCUT2D eigenvalue weighted by Crippen LogP contribution is 2.14. The van der Waals surface area contributed by atoms with Crippen molar-refractivity contribution in [2.24, 2.45) is 0 Å². The van der Waals surface area contributed by atoms with Crippen LogP contribution in [0.1, 0.15) is 35.5 Å². The van der Waals surface area contributed by atoms with E-state index in [4.69, 9.17) is 4.74 Å². The molecule has 25 heavy (non-hydrogen) atoms. The van der Waals surface area contributed by atoms with Crippen LogP contribution in [0.25, 0.3) is 0 Å². The van der Waals surface area contributed by atoms with Crippen LogP contribution in [0.15, 0.2) is 48.7 Å². The van der Waals surface area contributed by atoms with Gasteiger partial charge in [-0.1, -0.05) is 18.2 Å². The van der Waals surface area contributed by atoms with Gasteiger partial charge in [-0.3, -0.25) is 14.7 Å². The van der Waals surface area contributed by atoms with E-state index in [9.17, 15) is 4.79 Å². The lowest BCUT2D eigenvalue weighted by Gasteiger charge is -2.35. The monoisotopic (exact) mass is 339 g/mol. The number of nitrogens with one attached hydrogen (secondary N) is 1. The summed E-state index contributed by atoms with van der Waals surface area (Å²) < 4.78 is 5.77. The Kier molecular flexibility index (Phi) is 5.79. The minimum atomic E-state index is -0.0779. The molecule has 0 bridgehead atoms. The largest absolute Gasteiger partial charge is 0.373 e. The van der Waals surface area contributed by atoms with Crippen molar-refractivity contribution < 1.29 is 9.53 Å². The zero-order valence-corrected chi connectivity index (χ0v) is 14.8. The highest BCUT2D eigenvalue weighted by atomic mass is 16.5. The van der Waals surface area contributed by atoms with Gasteiger partial charge in [0.1, 0.15) is 0 Å². The van der Waals surface area contributed by atoms with Crippen LogP contribution in [-0.2, 0) is 17.8 Å². The number of aromatic nitrogens is 1. The first-order chi connectivity index (χ1) is 12.1. The van der Waals surface area contributed by atoms with Crippen molar-refractivity contribution in [3.63, 3.8) is 0 Å². The van der Waals surface area contributed by atoms with Gasteiger partial charge < -0.3 is 10.1 Å². The van der Waals surface area contributed by atoms with Gasteiger partial charge in [0.05, 0.1) is 24.4 Å². The number of morpholine rings is 1. The second-order valence-corrected chi connectivity index (χ2v) is 6.65. The minimum absolute atomic E-state index is 0.0779.